The number of carbonyl (C=O) groups excluding carboxylic acids is 2. The molecule has 1 aliphatic heterocycles. The molecule has 2 N–H and O–H groups in total. The lowest BCUT2D eigenvalue weighted by molar-refractivity contribution is -0.125. The van der Waals surface area contributed by atoms with E-state index in [1.165, 1.54) is 19.2 Å². The fourth-order valence-corrected chi connectivity index (χ4v) is 6.92. The van der Waals surface area contributed by atoms with Crippen LogP contribution in [0.25, 0.3) is 0 Å². The number of ether oxygens (including phenoxy) is 1. The lowest BCUT2D eigenvalue weighted by Crippen LogP contribution is -2.53. The third-order valence-corrected chi connectivity index (χ3v) is 8.58. The van der Waals surface area contributed by atoms with Crippen LogP contribution < -0.4 is 19.7 Å². The van der Waals surface area contributed by atoms with Gasteiger partial charge in [0.15, 0.2) is 0 Å². The van der Waals surface area contributed by atoms with Gasteiger partial charge in [-0.3, -0.25) is 13.9 Å². The molecule has 1 fully saturated rings. The predicted molar refractivity (Wildman–Crippen MR) is 131 cm³/mol. The van der Waals surface area contributed by atoms with Gasteiger partial charge in [0.05, 0.1) is 29.9 Å². The van der Waals surface area contributed by atoms with Gasteiger partial charge in [-0.1, -0.05) is 55.5 Å². The number of hydrogen-bond donors (Lipinski definition) is 2. The molecule has 0 bridgehead atoms. The van der Waals surface area contributed by atoms with Crippen LogP contribution in [0.1, 0.15) is 44.9 Å². The summed E-state index contributed by atoms with van der Waals surface area (Å²) < 4.78 is 34.2. The number of halogens is 1. The van der Waals surface area contributed by atoms with E-state index in [0.29, 0.717) is 5.69 Å². The molecule has 1 unspecified atom stereocenters. The minimum atomic E-state index is -4.38. The van der Waals surface area contributed by atoms with E-state index in [-0.39, 0.29) is 39.7 Å². The molecule has 2 aliphatic rings. The average molecular weight is 506 g/mol. The standard InChI is InChI=1S/C24H28ClN3O5S/c1-33-21-14-8-11-17(25)23(21)34(31,32)28-19-13-7-6-12-18(19)27-24(30)20(28)15-22(29)26-16-9-4-2-3-5-10-16/h6-8,11-14,16,20H,2-5,9-10,15H2,1H3,(H,26,29)(H,27,30). The third kappa shape index (κ3) is 4.86. The molecule has 0 spiro atoms. The Kier molecular flexibility index (Phi) is 7.33. The molecule has 8 nitrogen and oxygen atoms in total. The van der Waals surface area contributed by atoms with Crippen LogP contribution in [0.4, 0.5) is 11.4 Å². The van der Waals surface area contributed by atoms with E-state index in [9.17, 15) is 18.0 Å². The first-order valence-electron chi connectivity index (χ1n) is 11.4. The van der Waals surface area contributed by atoms with Gasteiger partial charge in [-0.15, -0.1) is 0 Å². The van der Waals surface area contributed by atoms with E-state index in [1.807, 2.05) is 0 Å². The van der Waals surface area contributed by atoms with Gasteiger partial charge in [-0.2, -0.15) is 0 Å². The average Bonchev–Trinajstić information content (AvgIpc) is 3.07. The Hall–Kier alpha value is -2.78. The number of para-hydroxylation sites is 2. The highest BCUT2D eigenvalue weighted by Crippen LogP contribution is 2.41. The van der Waals surface area contributed by atoms with Crippen LogP contribution in [0, 0.1) is 0 Å². The van der Waals surface area contributed by atoms with Crippen molar-refractivity contribution in [3.8, 4) is 5.75 Å². The Morgan fingerprint density at radius 2 is 1.82 bits per heavy atom. The molecular formula is C24H28ClN3O5S. The van der Waals surface area contributed by atoms with Crippen molar-refractivity contribution in [3.63, 3.8) is 0 Å². The van der Waals surface area contributed by atoms with E-state index in [1.54, 1.807) is 30.3 Å². The van der Waals surface area contributed by atoms with Crippen LogP contribution in [-0.4, -0.2) is 39.4 Å². The number of fused-ring (bicyclic) bond motifs is 1. The zero-order chi connectivity index (χ0) is 24.3. The Balaban J connectivity index is 1.72. The third-order valence-electron chi connectivity index (χ3n) is 6.25. The second kappa shape index (κ2) is 10.2. The van der Waals surface area contributed by atoms with Crippen LogP contribution in [-0.2, 0) is 19.6 Å². The Labute approximate surface area is 204 Å². The van der Waals surface area contributed by atoms with Crippen LogP contribution in [0.5, 0.6) is 5.75 Å². The fourth-order valence-electron chi connectivity index (χ4n) is 4.62. The number of amides is 2. The van der Waals surface area contributed by atoms with Crippen molar-refractivity contribution in [1.29, 1.82) is 0 Å². The first-order chi connectivity index (χ1) is 16.3. The molecule has 4 rings (SSSR count). The topological polar surface area (TPSA) is 105 Å². The largest absolute Gasteiger partial charge is 0.495 e. The zero-order valence-electron chi connectivity index (χ0n) is 18.9. The highest BCUT2D eigenvalue weighted by Gasteiger charge is 2.43. The van der Waals surface area contributed by atoms with Crippen molar-refractivity contribution in [1.82, 2.24) is 5.32 Å². The first-order valence-corrected chi connectivity index (χ1v) is 13.2. The Morgan fingerprint density at radius 1 is 1.12 bits per heavy atom. The SMILES string of the molecule is COc1cccc(Cl)c1S(=O)(=O)N1c2ccccc2NC(=O)C1CC(=O)NC1CCCCCC1. The number of rotatable bonds is 6. The van der Waals surface area contributed by atoms with E-state index < -0.39 is 22.0 Å². The van der Waals surface area contributed by atoms with Gasteiger partial charge in [0.2, 0.25) is 11.8 Å². The highest BCUT2D eigenvalue weighted by atomic mass is 35.5. The summed E-state index contributed by atoms with van der Waals surface area (Å²) in [6.45, 7) is 0. The zero-order valence-corrected chi connectivity index (χ0v) is 20.5. The molecule has 2 aromatic carbocycles. The molecule has 1 aliphatic carbocycles. The van der Waals surface area contributed by atoms with Gasteiger partial charge in [0.1, 0.15) is 16.7 Å². The van der Waals surface area contributed by atoms with Crippen molar-refractivity contribution in [2.24, 2.45) is 0 Å². The molecule has 1 saturated carbocycles. The molecule has 1 heterocycles. The Bertz CT molecular complexity index is 1180. The first kappa shape index (κ1) is 24.3. The van der Waals surface area contributed by atoms with E-state index >= 15 is 0 Å². The summed E-state index contributed by atoms with van der Waals surface area (Å²) in [5, 5.41) is 5.70. The number of carbonyl (C=O) groups is 2. The summed E-state index contributed by atoms with van der Waals surface area (Å²) in [5.41, 5.74) is 0.596. The number of nitrogens with one attached hydrogen (secondary N) is 2. The van der Waals surface area contributed by atoms with E-state index in [2.05, 4.69) is 10.6 Å². The van der Waals surface area contributed by atoms with Crippen molar-refractivity contribution >= 4 is 44.8 Å². The van der Waals surface area contributed by atoms with Crippen molar-refractivity contribution in [2.75, 3.05) is 16.7 Å². The van der Waals surface area contributed by atoms with E-state index in [0.717, 1.165) is 42.8 Å². The molecule has 0 radical (unpaired) electrons. The molecule has 0 aromatic heterocycles. The maximum Gasteiger partial charge on any atom is 0.270 e. The summed E-state index contributed by atoms with van der Waals surface area (Å²) in [4.78, 5) is 25.8. The van der Waals surface area contributed by atoms with Crippen LogP contribution in [0.3, 0.4) is 0 Å². The Morgan fingerprint density at radius 3 is 2.53 bits per heavy atom. The monoisotopic (exact) mass is 505 g/mol. The number of sulfonamides is 1. The van der Waals surface area contributed by atoms with Crippen LogP contribution in [0.2, 0.25) is 5.02 Å². The van der Waals surface area contributed by atoms with Gasteiger partial charge in [0, 0.05) is 6.04 Å². The van der Waals surface area contributed by atoms with Crippen LogP contribution in [0.15, 0.2) is 47.4 Å². The minimum Gasteiger partial charge on any atom is -0.495 e. The number of hydrogen-bond acceptors (Lipinski definition) is 5. The molecule has 182 valence electrons. The summed E-state index contributed by atoms with van der Waals surface area (Å²) in [6.07, 6.45) is 5.79. The summed E-state index contributed by atoms with van der Waals surface area (Å²) in [6, 6.07) is 9.82. The molecule has 0 saturated heterocycles. The van der Waals surface area contributed by atoms with Gasteiger partial charge in [0.25, 0.3) is 10.0 Å². The molecule has 34 heavy (non-hydrogen) atoms. The second-order valence-electron chi connectivity index (χ2n) is 8.55. The maximum atomic E-state index is 14.0. The number of nitrogens with zero attached hydrogens (tertiary/aromatic N) is 1. The smallest absolute Gasteiger partial charge is 0.270 e. The quantitative estimate of drug-likeness (QED) is 0.575. The van der Waals surface area contributed by atoms with E-state index in [4.69, 9.17) is 16.3 Å². The van der Waals surface area contributed by atoms with Crippen molar-refractivity contribution < 1.29 is 22.7 Å². The highest BCUT2D eigenvalue weighted by molar-refractivity contribution is 7.93. The molecule has 2 aromatic rings. The molecule has 2 amide bonds. The lowest BCUT2D eigenvalue weighted by atomic mass is 10.1. The predicted octanol–water partition coefficient (Wildman–Crippen LogP) is 4.09. The molecular weight excluding hydrogens is 478 g/mol. The van der Waals surface area contributed by atoms with Crippen molar-refractivity contribution in [3.05, 3.63) is 47.5 Å². The lowest BCUT2D eigenvalue weighted by Gasteiger charge is -2.37. The fraction of sp³-hybridized carbons (Fsp3) is 0.417. The summed E-state index contributed by atoms with van der Waals surface area (Å²) >= 11 is 6.31. The molecule has 1 atom stereocenters. The number of benzene rings is 2. The molecule has 10 heteroatoms. The number of methoxy groups -OCH3 is 1. The van der Waals surface area contributed by atoms with Gasteiger partial charge >= 0.3 is 0 Å². The van der Waals surface area contributed by atoms with Crippen molar-refractivity contribution in [2.45, 2.75) is 61.9 Å². The van der Waals surface area contributed by atoms with Gasteiger partial charge < -0.3 is 15.4 Å². The van der Waals surface area contributed by atoms with Crippen LogP contribution >= 0.6 is 11.6 Å². The van der Waals surface area contributed by atoms with Gasteiger partial charge in [-0.05, 0) is 37.1 Å². The second-order valence-corrected chi connectivity index (χ2v) is 10.7. The maximum absolute atomic E-state index is 14.0. The summed E-state index contributed by atoms with van der Waals surface area (Å²) in [7, 11) is -3.03. The normalized spacial score (nSPS) is 19.1. The number of anilines is 2. The van der Waals surface area contributed by atoms with Gasteiger partial charge in [-0.25, -0.2) is 8.42 Å². The minimum absolute atomic E-state index is 0.0302. The summed E-state index contributed by atoms with van der Waals surface area (Å²) in [5.74, 6) is -0.889.